The second-order valence-corrected chi connectivity index (χ2v) is 21.3. The van der Waals surface area contributed by atoms with Gasteiger partial charge >= 0.3 is 0 Å². The molecular weight excluding hydrogens is 837 g/mol. The summed E-state index contributed by atoms with van der Waals surface area (Å²) in [6.45, 7) is 0.301. The van der Waals surface area contributed by atoms with Gasteiger partial charge in [-0.1, -0.05) is 178 Å². The van der Waals surface area contributed by atoms with Crippen molar-refractivity contribution in [1.29, 1.82) is 0 Å². The lowest BCUT2D eigenvalue weighted by Gasteiger charge is -2.46. The van der Waals surface area contributed by atoms with E-state index >= 15 is 0 Å². The maximum Gasteiger partial charge on any atom is 0.253 e. The number of fused-ring (bicyclic) bond motifs is 13. The fourth-order valence-corrected chi connectivity index (χ4v) is 16.4. The lowest BCUT2D eigenvalue weighted by atomic mass is 9.30. The van der Waals surface area contributed by atoms with Gasteiger partial charge in [-0.05, 0) is 106 Å². The molecule has 290 valence electrons. The smallest absolute Gasteiger partial charge is 0.253 e. The molecule has 15 rings (SSSR count). The molecule has 9 aromatic rings. The summed E-state index contributed by atoms with van der Waals surface area (Å²) >= 11 is 7.83. The van der Waals surface area contributed by atoms with E-state index in [-0.39, 0.29) is 20.1 Å². The molecule has 63 heavy (non-hydrogen) atoms. The summed E-state index contributed by atoms with van der Waals surface area (Å²) in [5.74, 6) is 0. The predicted octanol–water partition coefficient (Wildman–Crippen LogP) is 8.66. The summed E-state index contributed by atoms with van der Waals surface area (Å²) in [6.07, 6.45) is 0. The van der Waals surface area contributed by atoms with Crippen LogP contribution in [0, 0.1) is 0 Å². The maximum absolute atomic E-state index is 2.66. The summed E-state index contributed by atoms with van der Waals surface area (Å²) < 4.78 is 0. The predicted molar refractivity (Wildman–Crippen MR) is 272 cm³/mol. The van der Waals surface area contributed by atoms with Gasteiger partial charge in [0.15, 0.2) is 0 Å². The van der Waals surface area contributed by atoms with Gasteiger partial charge in [0.2, 0.25) is 13.4 Å². The second kappa shape index (κ2) is 13.4. The molecule has 0 amide bonds. The van der Waals surface area contributed by atoms with Crippen molar-refractivity contribution in [3.05, 3.63) is 188 Å². The van der Waals surface area contributed by atoms with Crippen molar-refractivity contribution in [3.8, 4) is 0 Å². The topological polar surface area (TPSA) is 6.48 Å². The third-order valence-corrected chi connectivity index (χ3v) is 18.6. The third-order valence-electron chi connectivity index (χ3n) is 13.9. The highest BCUT2D eigenvalue weighted by atomic mass is 32.2. The molecule has 0 aliphatic carbocycles. The van der Waals surface area contributed by atoms with E-state index in [9.17, 15) is 0 Å². The van der Waals surface area contributed by atoms with Gasteiger partial charge in [-0.2, -0.15) is 0 Å². The standard InChI is InChI=1S/C54H31B3N2S4/c1-3-15-32(16-4-1)58-39-22-13-23-40-50(39)57(37-29-38-48(30-41(37)58)62-47-28-14-27-46-52(47)56(38)35-20-8-10-24-43(35)60-46)51-42(59(40)33-17-5-2-6-18-33)31-49-53-54(51)63-45-26-12-9-21-36(45)55(53)34-19-7-11-25-44(34)61-49/h1-31H. The maximum atomic E-state index is 2.66. The van der Waals surface area contributed by atoms with Crippen LogP contribution in [0.4, 0.5) is 34.1 Å². The number of benzene rings is 9. The molecule has 0 aromatic heterocycles. The highest BCUT2D eigenvalue weighted by molar-refractivity contribution is 8.02. The highest BCUT2D eigenvalue weighted by Crippen LogP contribution is 2.49. The number of hydrogen-bond donors (Lipinski definition) is 0. The van der Waals surface area contributed by atoms with Crippen LogP contribution in [0.1, 0.15) is 0 Å². The Morgan fingerprint density at radius 1 is 0.270 bits per heavy atom. The first-order valence-corrected chi connectivity index (χ1v) is 24.9. The van der Waals surface area contributed by atoms with Crippen LogP contribution in [0.15, 0.2) is 227 Å². The average Bonchev–Trinajstić information content (AvgIpc) is 3.33. The summed E-state index contributed by atoms with van der Waals surface area (Å²) in [6, 6.07) is 71.3. The Morgan fingerprint density at radius 2 is 0.746 bits per heavy atom. The van der Waals surface area contributed by atoms with Gasteiger partial charge in [-0.25, -0.2) is 0 Å². The van der Waals surface area contributed by atoms with Gasteiger partial charge < -0.3 is 9.80 Å². The lowest BCUT2D eigenvalue weighted by molar-refractivity contribution is 1.22. The van der Waals surface area contributed by atoms with Gasteiger partial charge in [-0.3, -0.25) is 0 Å². The quantitative estimate of drug-likeness (QED) is 0.160. The van der Waals surface area contributed by atoms with E-state index in [1.54, 1.807) is 0 Å². The zero-order valence-corrected chi connectivity index (χ0v) is 36.9. The number of para-hydroxylation sites is 2. The Labute approximate surface area is 384 Å². The normalized spacial score (nSPS) is 14.9. The molecular formula is C54H31B3N2S4. The van der Waals surface area contributed by atoms with Crippen LogP contribution in [0.2, 0.25) is 0 Å². The minimum atomic E-state index is -0.0119. The SMILES string of the molecule is c1ccc(N2c3cc4c(cc3B3c5c2cccc5N(c2ccccc2)c2cc5c6c(c23)Sc2ccccc2B6c2ccccc2S5)B2c3ccccc3Sc3cccc(c32)S4)cc1. The summed E-state index contributed by atoms with van der Waals surface area (Å²) in [7, 11) is 0. The molecule has 0 fully saturated rings. The van der Waals surface area contributed by atoms with E-state index in [0.717, 1.165) is 0 Å². The fraction of sp³-hybridized carbons (Fsp3) is 0. The van der Waals surface area contributed by atoms with Crippen LogP contribution in [0.25, 0.3) is 0 Å². The van der Waals surface area contributed by atoms with Crippen molar-refractivity contribution >= 4 is 150 Å². The molecule has 0 bridgehead atoms. The summed E-state index contributed by atoms with van der Waals surface area (Å²) in [5, 5.41) is 0. The fourth-order valence-electron chi connectivity index (χ4n) is 11.4. The van der Waals surface area contributed by atoms with Crippen LogP contribution in [-0.4, -0.2) is 20.1 Å². The molecule has 9 aromatic carbocycles. The molecule has 0 unspecified atom stereocenters. The van der Waals surface area contributed by atoms with Crippen molar-refractivity contribution in [1.82, 2.24) is 0 Å². The molecule has 0 atom stereocenters. The second-order valence-electron chi connectivity index (χ2n) is 17.0. The molecule has 0 N–H and O–H groups in total. The van der Waals surface area contributed by atoms with Crippen LogP contribution in [0.3, 0.4) is 0 Å². The number of rotatable bonds is 2. The minimum absolute atomic E-state index is 0.0119. The Kier molecular flexibility index (Phi) is 7.55. The summed E-state index contributed by atoms with van der Waals surface area (Å²) in [5.41, 5.74) is 20.1. The third kappa shape index (κ3) is 4.91. The van der Waals surface area contributed by atoms with Gasteiger partial charge in [0.1, 0.15) is 0 Å². The first kappa shape index (κ1) is 35.6. The van der Waals surface area contributed by atoms with Crippen LogP contribution in [-0.2, 0) is 0 Å². The van der Waals surface area contributed by atoms with E-state index in [1.807, 2.05) is 47.0 Å². The monoisotopic (exact) mass is 868 g/mol. The number of nitrogens with zero attached hydrogens (tertiary/aromatic N) is 2. The Morgan fingerprint density at radius 3 is 1.38 bits per heavy atom. The van der Waals surface area contributed by atoms with Crippen molar-refractivity contribution in [3.63, 3.8) is 0 Å². The first-order chi connectivity index (χ1) is 31.3. The Bertz CT molecular complexity index is 3450. The van der Waals surface area contributed by atoms with E-state index in [1.165, 1.54) is 122 Å². The Balaban J connectivity index is 1.07. The van der Waals surface area contributed by atoms with E-state index < -0.39 is 0 Å². The molecule has 0 radical (unpaired) electrons. The van der Waals surface area contributed by atoms with Crippen molar-refractivity contribution in [2.75, 3.05) is 9.80 Å². The average molecular weight is 869 g/mol. The van der Waals surface area contributed by atoms with E-state index in [2.05, 4.69) is 198 Å². The number of hydrogen-bond acceptors (Lipinski definition) is 6. The molecule has 6 aliphatic rings. The van der Waals surface area contributed by atoms with E-state index in [0.29, 0.717) is 0 Å². The zero-order chi connectivity index (χ0) is 40.9. The van der Waals surface area contributed by atoms with Crippen LogP contribution in [0.5, 0.6) is 0 Å². The zero-order valence-electron chi connectivity index (χ0n) is 33.7. The molecule has 9 heteroatoms. The van der Waals surface area contributed by atoms with Gasteiger partial charge in [0, 0.05) is 73.3 Å². The molecule has 0 spiro atoms. The lowest BCUT2D eigenvalue weighted by Crippen LogP contribution is -2.66. The molecule has 0 saturated carbocycles. The van der Waals surface area contributed by atoms with Crippen LogP contribution >= 0.6 is 47.0 Å². The first-order valence-electron chi connectivity index (χ1n) is 21.6. The number of anilines is 6. The van der Waals surface area contributed by atoms with Gasteiger partial charge in [0.25, 0.3) is 6.71 Å². The largest absolute Gasteiger partial charge is 0.311 e. The molecule has 6 aliphatic heterocycles. The van der Waals surface area contributed by atoms with Crippen molar-refractivity contribution in [2.24, 2.45) is 0 Å². The molecule has 0 saturated heterocycles. The Hall–Kier alpha value is -5.83. The molecule has 2 nitrogen and oxygen atoms in total. The highest BCUT2D eigenvalue weighted by Gasteiger charge is 2.50. The van der Waals surface area contributed by atoms with Crippen LogP contribution < -0.4 is 59.0 Å². The van der Waals surface area contributed by atoms with Crippen molar-refractivity contribution < 1.29 is 0 Å². The van der Waals surface area contributed by atoms with Gasteiger partial charge in [-0.15, -0.1) is 0 Å². The van der Waals surface area contributed by atoms with E-state index in [4.69, 9.17) is 0 Å². The van der Waals surface area contributed by atoms with Gasteiger partial charge in [0.05, 0.1) is 0 Å². The minimum Gasteiger partial charge on any atom is -0.311 e. The summed E-state index contributed by atoms with van der Waals surface area (Å²) in [4.78, 5) is 16.1. The molecule has 6 heterocycles. The van der Waals surface area contributed by atoms with Crippen molar-refractivity contribution in [2.45, 2.75) is 39.2 Å².